The summed E-state index contributed by atoms with van der Waals surface area (Å²) in [5.74, 6) is -0.464. The fourth-order valence-electron chi connectivity index (χ4n) is 5.76. The molecule has 3 atom stereocenters. The molecule has 2 aliphatic rings. The quantitative estimate of drug-likeness (QED) is 0.321. The number of H-pyrrole nitrogens is 1. The number of halogens is 2. The van der Waals surface area contributed by atoms with E-state index in [0.29, 0.717) is 36.2 Å². The van der Waals surface area contributed by atoms with Crippen LogP contribution in [0.4, 0.5) is 4.39 Å². The van der Waals surface area contributed by atoms with Crippen molar-refractivity contribution in [3.8, 4) is 0 Å². The molecule has 0 fully saturated rings. The molecule has 2 unspecified atom stereocenters. The van der Waals surface area contributed by atoms with Gasteiger partial charge in [-0.15, -0.1) is 10.2 Å². The molecule has 5 rings (SSSR count). The number of benzene rings is 2. The first-order valence-corrected chi connectivity index (χ1v) is 14.5. The summed E-state index contributed by atoms with van der Waals surface area (Å²) < 4.78 is 14.4. The number of tetrazole rings is 1. The molecule has 2 N–H and O–H groups in total. The number of carbonyl (C=O) groups is 2. The van der Waals surface area contributed by atoms with Gasteiger partial charge in [0.25, 0.3) is 11.8 Å². The minimum absolute atomic E-state index is 0.0166. The van der Waals surface area contributed by atoms with Crippen LogP contribution in [0.1, 0.15) is 86.7 Å². The van der Waals surface area contributed by atoms with Gasteiger partial charge in [-0.1, -0.05) is 68.8 Å². The predicted octanol–water partition coefficient (Wildman–Crippen LogP) is 5.80. The molecule has 2 aromatic carbocycles. The summed E-state index contributed by atoms with van der Waals surface area (Å²) >= 11 is 6.19. The van der Waals surface area contributed by atoms with Crippen LogP contribution in [0.5, 0.6) is 0 Å². The van der Waals surface area contributed by atoms with Crippen molar-refractivity contribution < 1.29 is 14.0 Å². The smallest absolute Gasteiger partial charge is 0.275 e. The average Bonchev–Trinajstić information content (AvgIpc) is 3.54. The summed E-state index contributed by atoms with van der Waals surface area (Å²) in [5.41, 5.74) is 1.16. The lowest BCUT2D eigenvalue weighted by molar-refractivity contribution is -0.132. The number of amides is 2. The van der Waals surface area contributed by atoms with Crippen LogP contribution in [-0.2, 0) is 11.3 Å². The number of hydrogen-bond acceptors (Lipinski definition) is 6. The van der Waals surface area contributed by atoms with Gasteiger partial charge in [-0.05, 0) is 66.5 Å². The van der Waals surface area contributed by atoms with Gasteiger partial charge in [0.15, 0.2) is 5.82 Å². The van der Waals surface area contributed by atoms with Crippen LogP contribution in [0.15, 0.2) is 59.6 Å². The van der Waals surface area contributed by atoms with Gasteiger partial charge in [-0.25, -0.2) is 4.39 Å². The molecule has 0 radical (unpaired) electrons. The lowest BCUT2D eigenvalue weighted by Crippen LogP contribution is -2.50. The molecular formula is C31H35ClFN7O2. The fraction of sp³-hybridized carbons (Fsp3) is 0.419. The molecule has 11 heteroatoms. The van der Waals surface area contributed by atoms with E-state index in [-0.39, 0.29) is 46.5 Å². The Balaban J connectivity index is 1.51. The maximum atomic E-state index is 14.4. The molecule has 1 aliphatic carbocycles. The normalized spacial score (nSPS) is 21.1. The van der Waals surface area contributed by atoms with Crippen LogP contribution in [-0.4, -0.2) is 48.7 Å². The lowest BCUT2D eigenvalue weighted by Gasteiger charge is -2.44. The highest BCUT2D eigenvalue weighted by molar-refractivity contribution is 6.47. The van der Waals surface area contributed by atoms with E-state index in [4.69, 9.17) is 16.6 Å². The van der Waals surface area contributed by atoms with Crippen LogP contribution in [0, 0.1) is 17.2 Å². The van der Waals surface area contributed by atoms with Crippen LogP contribution in [0.25, 0.3) is 0 Å². The van der Waals surface area contributed by atoms with Gasteiger partial charge in [0.05, 0.1) is 12.6 Å². The van der Waals surface area contributed by atoms with Crippen molar-refractivity contribution in [2.75, 3.05) is 0 Å². The van der Waals surface area contributed by atoms with Gasteiger partial charge in [0.2, 0.25) is 0 Å². The summed E-state index contributed by atoms with van der Waals surface area (Å²) in [7, 11) is 0. The SMILES string of the molecule is CC1C=CCC2(C1)N=C(c1cc(F)cc(Cl)c1)C(=O)N2[C@H](CCC(C)(C)C)c1ccc(C(=O)NCc2nn[nH]n2)cc1. The first-order chi connectivity index (χ1) is 19.9. The molecule has 1 aliphatic heterocycles. The van der Waals surface area contributed by atoms with Gasteiger partial charge in [0, 0.05) is 22.6 Å². The van der Waals surface area contributed by atoms with Gasteiger partial charge >= 0.3 is 0 Å². The van der Waals surface area contributed by atoms with Crippen molar-refractivity contribution in [3.63, 3.8) is 0 Å². The fourth-order valence-corrected chi connectivity index (χ4v) is 5.98. The second-order valence-corrected chi connectivity index (χ2v) is 12.8. The number of aromatic nitrogens is 4. The third kappa shape index (κ3) is 6.43. The number of rotatable bonds is 8. The summed E-state index contributed by atoms with van der Waals surface area (Å²) in [6.45, 7) is 8.77. The molecule has 0 saturated carbocycles. The zero-order chi connectivity index (χ0) is 30.1. The summed E-state index contributed by atoms with van der Waals surface area (Å²) in [5, 5.41) is 16.6. The second kappa shape index (κ2) is 11.8. The maximum absolute atomic E-state index is 14.4. The molecule has 220 valence electrons. The zero-order valence-electron chi connectivity index (χ0n) is 24.2. The molecule has 1 spiro atoms. The van der Waals surface area contributed by atoms with Gasteiger partial charge in [-0.3, -0.25) is 14.6 Å². The van der Waals surface area contributed by atoms with Crippen molar-refractivity contribution in [1.82, 2.24) is 30.8 Å². The predicted molar refractivity (Wildman–Crippen MR) is 158 cm³/mol. The molecular weight excluding hydrogens is 557 g/mol. The second-order valence-electron chi connectivity index (χ2n) is 12.3. The minimum atomic E-state index is -0.817. The van der Waals surface area contributed by atoms with Crippen molar-refractivity contribution >= 4 is 29.1 Å². The van der Waals surface area contributed by atoms with E-state index in [1.807, 2.05) is 17.0 Å². The zero-order valence-corrected chi connectivity index (χ0v) is 25.0. The van der Waals surface area contributed by atoms with Crippen molar-refractivity contribution in [2.24, 2.45) is 16.3 Å². The van der Waals surface area contributed by atoms with Gasteiger partial charge < -0.3 is 10.2 Å². The highest BCUT2D eigenvalue weighted by atomic mass is 35.5. The van der Waals surface area contributed by atoms with Crippen molar-refractivity contribution in [3.05, 3.63) is 88.0 Å². The Labute approximate surface area is 249 Å². The van der Waals surface area contributed by atoms with Gasteiger partial charge in [-0.2, -0.15) is 5.21 Å². The first kappa shape index (κ1) is 29.6. The van der Waals surface area contributed by atoms with E-state index in [0.717, 1.165) is 12.0 Å². The maximum Gasteiger partial charge on any atom is 0.275 e. The summed E-state index contributed by atoms with van der Waals surface area (Å²) in [6.07, 6.45) is 6.95. The van der Waals surface area contributed by atoms with Crippen LogP contribution in [0.2, 0.25) is 5.02 Å². The molecule has 42 heavy (non-hydrogen) atoms. The number of aliphatic imine (C=N–C) groups is 1. The van der Waals surface area contributed by atoms with E-state index in [1.165, 1.54) is 12.1 Å². The summed E-state index contributed by atoms with van der Waals surface area (Å²) in [4.78, 5) is 34.1. The number of nitrogens with one attached hydrogen (secondary N) is 2. The number of allylic oxidation sites excluding steroid dienone is 1. The van der Waals surface area contributed by atoms with Crippen LogP contribution < -0.4 is 5.32 Å². The Morgan fingerprint density at radius 1 is 1.24 bits per heavy atom. The van der Waals surface area contributed by atoms with Crippen LogP contribution in [0.3, 0.4) is 0 Å². The monoisotopic (exact) mass is 591 g/mol. The van der Waals surface area contributed by atoms with E-state index >= 15 is 0 Å². The Morgan fingerprint density at radius 3 is 2.64 bits per heavy atom. The minimum Gasteiger partial charge on any atom is -0.345 e. The molecule has 0 bridgehead atoms. The largest absolute Gasteiger partial charge is 0.345 e. The van der Waals surface area contributed by atoms with Crippen molar-refractivity contribution in [1.29, 1.82) is 0 Å². The third-order valence-electron chi connectivity index (χ3n) is 7.72. The highest BCUT2D eigenvalue weighted by Crippen LogP contribution is 2.46. The Hall–Kier alpha value is -3.92. The highest BCUT2D eigenvalue weighted by Gasteiger charge is 2.51. The lowest BCUT2D eigenvalue weighted by atomic mass is 9.82. The number of hydrogen-bond donors (Lipinski definition) is 2. The van der Waals surface area contributed by atoms with E-state index in [1.54, 1.807) is 18.2 Å². The summed E-state index contributed by atoms with van der Waals surface area (Å²) in [6, 6.07) is 11.1. The van der Waals surface area contributed by atoms with E-state index < -0.39 is 11.5 Å². The third-order valence-corrected chi connectivity index (χ3v) is 7.94. The van der Waals surface area contributed by atoms with Crippen molar-refractivity contribution in [2.45, 2.75) is 71.6 Å². The number of carbonyl (C=O) groups excluding carboxylic acids is 2. The molecule has 0 saturated heterocycles. The first-order valence-electron chi connectivity index (χ1n) is 14.1. The Bertz CT molecular complexity index is 1490. The van der Waals surface area contributed by atoms with E-state index in [2.05, 4.69) is 65.8 Å². The number of nitrogens with zero attached hydrogens (tertiary/aromatic N) is 5. The molecule has 2 heterocycles. The topological polar surface area (TPSA) is 116 Å². The molecule has 3 aromatic rings. The Morgan fingerprint density at radius 2 is 2.00 bits per heavy atom. The Kier molecular flexibility index (Phi) is 8.28. The van der Waals surface area contributed by atoms with Gasteiger partial charge in [0.1, 0.15) is 17.2 Å². The number of aromatic amines is 1. The molecule has 9 nitrogen and oxygen atoms in total. The van der Waals surface area contributed by atoms with Crippen LogP contribution >= 0.6 is 11.6 Å². The molecule has 2 amide bonds. The standard InChI is InChI=1S/C31H35ClFN7O2/c1-19-6-5-12-31(17-19)35-27(22-14-23(32)16-24(33)15-22)29(42)40(31)25(11-13-30(2,3)4)20-7-9-21(10-8-20)28(41)34-18-26-36-38-39-37-26/h5-10,14-16,19,25H,11-13,17-18H2,1-4H3,(H,34,41)(H,36,37,38,39)/t19?,25-,31?/m1/s1. The average molecular weight is 592 g/mol. The van der Waals surface area contributed by atoms with E-state index in [9.17, 15) is 14.0 Å². The molecule has 1 aromatic heterocycles.